The predicted molar refractivity (Wildman–Crippen MR) is 93.0 cm³/mol. The number of hydrogen-bond donors (Lipinski definition) is 1. The maximum atomic E-state index is 5.38. The summed E-state index contributed by atoms with van der Waals surface area (Å²) in [7, 11) is 1.74. The first-order valence-electron chi connectivity index (χ1n) is 8.27. The van der Waals surface area contributed by atoms with Crippen LogP contribution in [0.4, 0.5) is 0 Å². The van der Waals surface area contributed by atoms with Gasteiger partial charge < -0.3 is 10.1 Å². The lowest BCUT2D eigenvalue weighted by Crippen LogP contribution is -2.28. The molecule has 0 aromatic heterocycles. The molecule has 1 aromatic carbocycles. The fourth-order valence-corrected chi connectivity index (χ4v) is 3.85. The van der Waals surface area contributed by atoms with E-state index in [9.17, 15) is 0 Å². The number of methoxy groups -OCH3 is 1. The van der Waals surface area contributed by atoms with Gasteiger partial charge in [0.25, 0.3) is 0 Å². The van der Waals surface area contributed by atoms with E-state index in [0.29, 0.717) is 0 Å². The summed E-state index contributed by atoms with van der Waals surface area (Å²) in [5, 5.41) is 3.56. The lowest BCUT2D eigenvalue weighted by Gasteiger charge is -2.26. The van der Waals surface area contributed by atoms with E-state index >= 15 is 0 Å². The van der Waals surface area contributed by atoms with Gasteiger partial charge in [-0.25, -0.2) is 0 Å². The first-order chi connectivity index (χ1) is 10.2. The Hall–Kier alpha value is -0.540. The molecular weight excluding hydrogens is 326 g/mol. The molecule has 21 heavy (non-hydrogen) atoms. The van der Waals surface area contributed by atoms with Crippen molar-refractivity contribution in [3.63, 3.8) is 0 Å². The number of ether oxygens (including phenoxy) is 1. The average Bonchev–Trinajstić information content (AvgIpc) is 2.72. The minimum Gasteiger partial charge on any atom is -0.497 e. The Morgan fingerprint density at radius 3 is 2.67 bits per heavy atom. The van der Waals surface area contributed by atoms with E-state index in [1.165, 1.54) is 48.7 Å². The van der Waals surface area contributed by atoms with Crippen LogP contribution in [0.3, 0.4) is 0 Å². The van der Waals surface area contributed by atoms with Crippen LogP contribution in [-0.4, -0.2) is 20.2 Å². The van der Waals surface area contributed by atoms with E-state index in [2.05, 4.69) is 40.3 Å². The second kappa shape index (κ2) is 8.79. The van der Waals surface area contributed by atoms with E-state index in [1.807, 2.05) is 6.07 Å². The van der Waals surface area contributed by atoms with Crippen LogP contribution >= 0.6 is 15.9 Å². The van der Waals surface area contributed by atoms with E-state index < -0.39 is 0 Å². The first kappa shape index (κ1) is 16.8. The molecule has 1 aliphatic rings. The average molecular weight is 354 g/mol. The van der Waals surface area contributed by atoms with Crippen molar-refractivity contribution in [2.75, 3.05) is 20.2 Å². The van der Waals surface area contributed by atoms with Crippen LogP contribution in [0.5, 0.6) is 5.75 Å². The van der Waals surface area contributed by atoms with E-state index in [1.54, 1.807) is 7.11 Å². The molecule has 1 aromatic rings. The molecule has 0 bridgehead atoms. The van der Waals surface area contributed by atoms with Crippen LogP contribution in [0.15, 0.2) is 22.7 Å². The Labute approximate surface area is 137 Å². The van der Waals surface area contributed by atoms with Crippen molar-refractivity contribution in [1.82, 2.24) is 5.32 Å². The second-order valence-corrected chi connectivity index (χ2v) is 6.98. The van der Waals surface area contributed by atoms with Crippen LogP contribution in [0.1, 0.15) is 44.6 Å². The first-order valence-corrected chi connectivity index (χ1v) is 9.07. The van der Waals surface area contributed by atoms with E-state index in [-0.39, 0.29) is 0 Å². The third-order valence-electron chi connectivity index (χ3n) is 4.71. The molecule has 0 spiro atoms. The van der Waals surface area contributed by atoms with Gasteiger partial charge in [-0.1, -0.05) is 42.1 Å². The van der Waals surface area contributed by atoms with E-state index in [4.69, 9.17) is 4.74 Å². The Kier molecular flexibility index (Phi) is 7.05. The highest BCUT2D eigenvalue weighted by atomic mass is 79.9. The molecule has 0 amide bonds. The number of hydrogen-bond acceptors (Lipinski definition) is 2. The second-order valence-electron chi connectivity index (χ2n) is 6.13. The number of benzene rings is 1. The molecule has 1 aliphatic carbocycles. The normalized spacial score (nSPS) is 22.8. The molecule has 0 aliphatic heterocycles. The van der Waals surface area contributed by atoms with Crippen LogP contribution in [0.25, 0.3) is 0 Å². The van der Waals surface area contributed by atoms with Crippen molar-refractivity contribution >= 4 is 15.9 Å². The van der Waals surface area contributed by atoms with Gasteiger partial charge in [0.05, 0.1) is 7.11 Å². The van der Waals surface area contributed by atoms with Gasteiger partial charge in [0, 0.05) is 4.47 Å². The predicted octanol–water partition coefficient (Wildman–Crippen LogP) is 4.81. The van der Waals surface area contributed by atoms with Gasteiger partial charge in [-0.3, -0.25) is 0 Å². The highest BCUT2D eigenvalue weighted by Crippen LogP contribution is 2.34. The molecule has 118 valence electrons. The Bertz CT molecular complexity index is 435. The molecule has 2 rings (SSSR count). The van der Waals surface area contributed by atoms with Gasteiger partial charge >= 0.3 is 0 Å². The van der Waals surface area contributed by atoms with Crippen LogP contribution < -0.4 is 10.1 Å². The Morgan fingerprint density at radius 1 is 1.19 bits per heavy atom. The molecule has 2 unspecified atom stereocenters. The summed E-state index contributed by atoms with van der Waals surface area (Å²) in [4.78, 5) is 0. The van der Waals surface area contributed by atoms with Crippen molar-refractivity contribution in [3.8, 4) is 5.75 Å². The Morgan fingerprint density at radius 2 is 1.95 bits per heavy atom. The lowest BCUT2D eigenvalue weighted by atomic mass is 9.83. The van der Waals surface area contributed by atoms with Crippen LogP contribution in [-0.2, 0) is 6.42 Å². The van der Waals surface area contributed by atoms with Gasteiger partial charge in [0.15, 0.2) is 0 Å². The third-order valence-corrected chi connectivity index (χ3v) is 5.48. The monoisotopic (exact) mass is 353 g/mol. The van der Waals surface area contributed by atoms with Crippen molar-refractivity contribution in [1.29, 1.82) is 0 Å². The summed E-state index contributed by atoms with van der Waals surface area (Å²) in [6.45, 7) is 4.44. The number of rotatable bonds is 6. The zero-order valence-electron chi connectivity index (χ0n) is 13.3. The van der Waals surface area contributed by atoms with Crippen LogP contribution in [0.2, 0.25) is 0 Å². The minimum absolute atomic E-state index is 0.787. The topological polar surface area (TPSA) is 21.3 Å². The molecule has 2 nitrogen and oxygen atoms in total. The van der Waals surface area contributed by atoms with Crippen LogP contribution in [0, 0.1) is 11.8 Å². The number of halogens is 1. The zero-order valence-corrected chi connectivity index (χ0v) is 14.9. The smallest absolute Gasteiger partial charge is 0.119 e. The molecule has 3 heteroatoms. The quantitative estimate of drug-likeness (QED) is 0.741. The van der Waals surface area contributed by atoms with Crippen molar-refractivity contribution < 1.29 is 4.74 Å². The number of nitrogens with one attached hydrogen (secondary N) is 1. The molecule has 1 N–H and O–H groups in total. The summed E-state index contributed by atoms with van der Waals surface area (Å²) in [5.41, 5.74) is 1.39. The molecule has 2 atom stereocenters. The van der Waals surface area contributed by atoms with Crippen molar-refractivity contribution in [3.05, 3.63) is 28.2 Å². The molecule has 0 radical (unpaired) electrons. The van der Waals surface area contributed by atoms with Gasteiger partial charge in [0.2, 0.25) is 0 Å². The maximum Gasteiger partial charge on any atom is 0.119 e. The van der Waals surface area contributed by atoms with Gasteiger partial charge in [-0.2, -0.15) is 0 Å². The maximum absolute atomic E-state index is 5.38. The Balaban J connectivity index is 2.09. The van der Waals surface area contributed by atoms with Crippen molar-refractivity contribution in [2.24, 2.45) is 11.8 Å². The fraction of sp³-hybridized carbons (Fsp3) is 0.667. The highest BCUT2D eigenvalue weighted by Gasteiger charge is 2.24. The molecule has 0 heterocycles. The summed E-state index contributed by atoms with van der Waals surface area (Å²) in [5.74, 6) is 2.56. The van der Waals surface area contributed by atoms with Gasteiger partial charge in [-0.05, 0) is 68.0 Å². The zero-order chi connectivity index (χ0) is 15.1. The standard InChI is InChI=1S/C18H28BrNO/c1-3-20-13-15-8-6-4-5-7-14(15)11-16-12-17(21-2)9-10-18(16)19/h9-10,12,14-15,20H,3-8,11,13H2,1-2H3. The highest BCUT2D eigenvalue weighted by molar-refractivity contribution is 9.10. The summed E-state index contributed by atoms with van der Waals surface area (Å²) >= 11 is 3.71. The molecular formula is C18H28BrNO. The van der Waals surface area contributed by atoms with Gasteiger partial charge in [-0.15, -0.1) is 0 Å². The molecule has 1 fully saturated rings. The SMILES string of the molecule is CCNCC1CCCCCC1Cc1cc(OC)ccc1Br. The van der Waals surface area contributed by atoms with Gasteiger partial charge in [0.1, 0.15) is 5.75 Å². The molecule has 0 saturated heterocycles. The summed E-state index contributed by atoms with van der Waals surface area (Å²) < 4.78 is 6.60. The van der Waals surface area contributed by atoms with Crippen molar-refractivity contribution in [2.45, 2.75) is 45.4 Å². The third kappa shape index (κ3) is 5.00. The molecule has 1 saturated carbocycles. The lowest BCUT2D eigenvalue weighted by molar-refractivity contribution is 0.299. The summed E-state index contributed by atoms with van der Waals surface area (Å²) in [6, 6.07) is 6.33. The van der Waals surface area contributed by atoms with E-state index in [0.717, 1.165) is 30.6 Å². The fourth-order valence-electron chi connectivity index (χ4n) is 3.45. The summed E-state index contributed by atoms with van der Waals surface area (Å²) in [6.07, 6.45) is 8.08. The minimum atomic E-state index is 0.787. The largest absolute Gasteiger partial charge is 0.497 e.